The Morgan fingerprint density at radius 3 is 2.40 bits per heavy atom. The minimum absolute atomic E-state index is 0.0126. The van der Waals surface area contributed by atoms with Crippen LogP contribution in [0.4, 0.5) is 13.2 Å². The first kappa shape index (κ1) is 37.6. The van der Waals surface area contributed by atoms with E-state index in [-0.39, 0.29) is 57.8 Å². The number of carbonyl (C=O) groups excluding carboxylic acids is 2. The topological polar surface area (TPSA) is 130 Å². The average Bonchev–Trinajstić information content (AvgIpc) is 3.76. The van der Waals surface area contributed by atoms with Crippen LogP contribution in [0, 0.1) is 12.3 Å². The zero-order chi connectivity index (χ0) is 37.3. The van der Waals surface area contributed by atoms with Gasteiger partial charge in [-0.05, 0) is 69.7 Å². The number of hydrogen-bond donors (Lipinski definition) is 2. The first-order chi connectivity index (χ1) is 24.7. The van der Waals surface area contributed by atoms with E-state index in [1.807, 2.05) is 13.8 Å². The van der Waals surface area contributed by atoms with Crippen molar-refractivity contribution in [3.05, 3.63) is 75.7 Å². The summed E-state index contributed by atoms with van der Waals surface area (Å²) in [6.07, 6.45) is -0.446. The predicted molar refractivity (Wildman–Crippen MR) is 186 cm³/mol. The molecule has 6 rings (SSSR count). The predicted octanol–water partition coefficient (Wildman–Crippen LogP) is 6.84. The first-order valence-corrected chi connectivity index (χ1v) is 18.6. The SMILES string of the molecule is CCC[C@H]1N(C(=O)c2ncccc2C(F)(F)F)CCC[C@@]1(Oc1csc(C)c1)C(=O)N1CCC(O)(c2ccccc2OCC2(CC(=O)O)CC2)CC1. The molecule has 0 unspecified atom stereocenters. The molecule has 2 atom stereocenters. The lowest BCUT2D eigenvalue weighted by molar-refractivity contribution is -0.163. The van der Waals surface area contributed by atoms with Crippen LogP contribution >= 0.6 is 11.3 Å². The normalized spacial score (nSPS) is 22.5. The maximum absolute atomic E-state index is 14.9. The van der Waals surface area contributed by atoms with Crippen molar-refractivity contribution < 1.29 is 47.2 Å². The molecule has 0 spiro atoms. The summed E-state index contributed by atoms with van der Waals surface area (Å²) in [4.78, 5) is 48.2. The van der Waals surface area contributed by atoms with Gasteiger partial charge in [-0.15, -0.1) is 11.3 Å². The number of pyridine rings is 1. The van der Waals surface area contributed by atoms with Gasteiger partial charge in [0, 0.05) is 53.5 Å². The molecule has 2 saturated heterocycles. The fourth-order valence-electron chi connectivity index (χ4n) is 7.72. The molecule has 52 heavy (non-hydrogen) atoms. The fraction of sp³-hybridized carbons (Fsp3) is 0.526. The second-order valence-electron chi connectivity index (χ2n) is 14.4. The van der Waals surface area contributed by atoms with Crippen LogP contribution in [0.2, 0.25) is 0 Å². The van der Waals surface area contributed by atoms with E-state index in [4.69, 9.17) is 9.47 Å². The lowest BCUT2D eigenvalue weighted by Gasteiger charge is -2.51. The number of benzene rings is 1. The van der Waals surface area contributed by atoms with Crippen LogP contribution in [-0.4, -0.2) is 80.7 Å². The van der Waals surface area contributed by atoms with Gasteiger partial charge in [0.05, 0.1) is 30.2 Å². The third-order valence-corrected chi connectivity index (χ3v) is 11.5. The highest BCUT2D eigenvalue weighted by atomic mass is 32.1. The minimum atomic E-state index is -4.81. The minimum Gasteiger partial charge on any atom is -0.493 e. The van der Waals surface area contributed by atoms with E-state index in [0.717, 1.165) is 36.0 Å². The quantitative estimate of drug-likeness (QED) is 0.207. The van der Waals surface area contributed by atoms with Crippen molar-refractivity contribution in [3.63, 3.8) is 0 Å². The summed E-state index contributed by atoms with van der Waals surface area (Å²) in [6.45, 7) is 4.42. The smallest absolute Gasteiger partial charge is 0.418 e. The van der Waals surface area contributed by atoms with Gasteiger partial charge in [-0.25, -0.2) is 0 Å². The highest BCUT2D eigenvalue weighted by Crippen LogP contribution is 2.50. The van der Waals surface area contributed by atoms with Crippen LogP contribution in [0.3, 0.4) is 0 Å². The lowest BCUT2D eigenvalue weighted by atomic mass is 9.78. The second-order valence-corrected chi connectivity index (χ2v) is 15.5. The Kier molecular flexibility index (Phi) is 10.6. The van der Waals surface area contributed by atoms with Crippen molar-refractivity contribution in [1.82, 2.24) is 14.8 Å². The Balaban J connectivity index is 1.28. The number of ether oxygens (including phenoxy) is 2. The highest BCUT2D eigenvalue weighted by Gasteiger charge is 2.56. The molecule has 2 amide bonds. The monoisotopic (exact) mass is 743 g/mol. The Labute approximate surface area is 304 Å². The zero-order valence-electron chi connectivity index (χ0n) is 29.3. The Bertz CT molecular complexity index is 1790. The molecule has 4 heterocycles. The van der Waals surface area contributed by atoms with Crippen LogP contribution in [0.25, 0.3) is 0 Å². The van der Waals surface area contributed by atoms with Gasteiger partial charge in [0.1, 0.15) is 17.2 Å². The number of halogens is 3. The molecule has 3 aromatic rings. The van der Waals surface area contributed by atoms with Crippen molar-refractivity contribution in [2.24, 2.45) is 5.41 Å². The van der Waals surface area contributed by atoms with E-state index in [2.05, 4.69) is 4.98 Å². The van der Waals surface area contributed by atoms with E-state index in [1.165, 1.54) is 16.2 Å². The molecule has 2 N–H and O–H groups in total. The van der Waals surface area contributed by atoms with Crippen molar-refractivity contribution in [1.29, 1.82) is 0 Å². The number of aliphatic hydroxyl groups is 1. The molecule has 10 nitrogen and oxygen atoms in total. The van der Waals surface area contributed by atoms with Gasteiger partial charge in [0.15, 0.2) is 0 Å². The summed E-state index contributed by atoms with van der Waals surface area (Å²) in [5.74, 6) is -1.27. The molecule has 3 aliphatic rings. The fourth-order valence-corrected chi connectivity index (χ4v) is 8.32. The van der Waals surface area contributed by atoms with E-state index in [9.17, 15) is 37.8 Å². The first-order valence-electron chi connectivity index (χ1n) is 17.7. The molecule has 1 aliphatic carbocycles. The highest BCUT2D eigenvalue weighted by molar-refractivity contribution is 7.10. The summed E-state index contributed by atoms with van der Waals surface area (Å²) in [6, 6.07) is 9.99. The molecule has 0 bridgehead atoms. The summed E-state index contributed by atoms with van der Waals surface area (Å²) in [5, 5.41) is 23.1. The van der Waals surface area contributed by atoms with E-state index >= 15 is 0 Å². The number of aromatic nitrogens is 1. The van der Waals surface area contributed by atoms with Gasteiger partial charge >= 0.3 is 12.1 Å². The van der Waals surface area contributed by atoms with Crippen molar-refractivity contribution in [2.45, 2.75) is 95.1 Å². The molecular formula is C38H44F3N3O7S. The Morgan fingerprint density at radius 2 is 1.77 bits per heavy atom. The number of alkyl halides is 3. The summed E-state index contributed by atoms with van der Waals surface area (Å²) in [5.41, 5.74) is -4.67. The number of hydrogen-bond acceptors (Lipinski definition) is 8. The third kappa shape index (κ3) is 7.64. The van der Waals surface area contributed by atoms with Gasteiger partial charge in [-0.1, -0.05) is 31.5 Å². The number of nitrogens with zero attached hydrogens (tertiary/aromatic N) is 3. The molecule has 14 heteroatoms. The molecule has 280 valence electrons. The van der Waals surface area contributed by atoms with Gasteiger partial charge in [0.25, 0.3) is 11.8 Å². The average molecular weight is 744 g/mol. The molecule has 1 saturated carbocycles. The Hall–Kier alpha value is -4.17. The van der Waals surface area contributed by atoms with E-state index < -0.39 is 52.0 Å². The summed E-state index contributed by atoms with van der Waals surface area (Å²) < 4.78 is 54.9. The van der Waals surface area contributed by atoms with Gasteiger partial charge in [0.2, 0.25) is 5.60 Å². The van der Waals surface area contributed by atoms with Crippen molar-refractivity contribution >= 4 is 29.1 Å². The number of thiophene rings is 1. The van der Waals surface area contributed by atoms with Crippen LogP contribution in [0.15, 0.2) is 54.0 Å². The summed E-state index contributed by atoms with van der Waals surface area (Å²) in [7, 11) is 0. The summed E-state index contributed by atoms with van der Waals surface area (Å²) >= 11 is 1.43. The van der Waals surface area contributed by atoms with Crippen LogP contribution in [0.5, 0.6) is 11.5 Å². The number of likely N-dealkylation sites (tertiary alicyclic amines) is 2. The van der Waals surface area contributed by atoms with Crippen LogP contribution in [-0.2, 0) is 21.4 Å². The number of para-hydroxylation sites is 1. The molecular weight excluding hydrogens is 699 g/mol. The standard InChI is InChI=1S/C38H44F3N3O7S/c1-3-8-30-37(51-26-21-25(2)52-23-26,12-7-18-44(30)33(47)32-28(38(39,40)41)10-6-17-42-32)34(48)43-19-15-36(49,16-20-43)27-9-4-5-11-29(27)50-24-35(13-14-35)22-31(45)46/h4-6,9-11,17,21,23,30,49H,3,7-8,12-16,18-20,22,24H2,1-2H3,(H,45,46)/t30-,37+/m1/s1. The number of aryl methyl sites for hydroxylation is 1. The molecule has 2 aromatic heterocycles. The third-order valence-electron chi connectivity index (χ3n) is 10.7. The molecule has 3 fully saturated rings. The molecule has 2 aliphatic heterocycles. The number of carboxylic acids is 1. The number of carboxylic acid groups (broad SMARTS) is 1. The van der Waals surface area contributed by atoms with Crippen LogP contribution in [0.1, 0.15) is 91.2 Å². The van der Waals surface area contributed by atoms with E-state index in [1.54, 1.807) is 40.6 Å². The lowest BCUT2D eigenvalue weighted by Crippen LogP contribution is -2.68. The van der Waals surface area contributed by atoms with Crippen LogP contribution < -0.4 is 9.47 Å². The number of piperidine rings is 2. The maximum Gasteiger partial charge on any atom is 0.418 e. The van der Waals surface area contributed by atoms with Crippen molar-refractivity contribution in [2.75, 3.05) is 26.2 Å². The number of amides is 2. The van der Waals surface area contributed by atoms with Gasteiger partial charge in [-0.2, -0.15) is 13.2 Å². The van der Waals surface area contributed by atoms with Crippen molar-refractivity contribution in [3.8, 4) is 11.5 Å². The van der Waals surface area contributed by atoms with Gasteiger partial charge in [-0.3, -0.25) is 19.4 Å². The maximum atomic E-state index is 14.9. The number of aliphatic carboxylic acids is 1. The molecule has 1 aromatic carbocycles. The Morgan fingerprint density at radius 1 is 1.04 bits per heavy atom. The van der Waals surface area contributed by atoms with Gasteiger partial charge < -0.3 is 29.5 Å². The zero-order valence-corrected chi connectivity index (χ0v) is 30.1. The van der Waals surface area contributed by atoms with E-state index in [0.29, 0.717) is 36.3 Å². The molecule has 0 radical (unpaired) electrons. The number of rotatable bonds is 12. The number of carbonyl (C=O) groups is 3. The second kappa shape index (κ2) is 14.7. The largest absolute Gasteiger partial charge is 0.493 e.